The number of carbonyl (C=O) groups is 1. The fourth-order valence-corrected chi connectivity index (χ4v) is 2.41. The van der Waals surface area contributed by atoms with Gasteiger partial charge in [0.2, 0.25) is 5.91 Å². The standard InChI is InChI=1S/C13H22N4O.ClH/c1-9(11-8-15-17(3)10(11)2)16-13(18)12-6-4-5-7-14-12;/h8-9,12,14H,4-7H2,1-3H3,(H,16,18);1H/t9?,12-;/m1./s1. The smallest absolute Gasteiger partial charge is 0.237 e. The van der Waals surface area contributed by atoms with Crippen molar-refractivity contribution in [1.29, 1.82) is 0 Å². The van der Waals surface area contributed by atoms with Gasteiger partial charge in [-0.2, -0.15) is 5.10 Å². The van der Waals surface area contributed by atoms with E-state index in [0.29, 0.717) is 0 Å². The lowest BCUT2D eigenvalue weighted by atomic mass is 10.0. The number of halogens is 1. The maximum absolute atomic E-state index is 12.1. The predicted octanol–water partition coefficient (Wildman–Crippen LogP) is 1.47. The summed E-state index contributed by atoms with van der Waals surface area (Å²) in [6.45, 7) is 4.97. The van der Waals surface area contributed by atoms with Crippen molar-refractivity contribution in [3.63, 3.8) is 0 Å². The Hall–Kier alpha value is -1.07. The highest BCUT2D eigenvalue weighted by Gasteiger charge is 2.23. The Morgan fingerprint density at radius 1 is 1.58 bits per heavy atom. The summed E-state index contributed by atoms with van der Waals surface area (Å²) in [5, 5.41) is 10.5. The van der Waals surface area contributed by atoms with Crippen LogP contribution in [0, 0.1) is 6.92 Å². The molecule has 1 aromatic heterocycles. The Labute approximate surface area is 120 Å². The van der Waals surface area contributed by atoms with E-state index >= 15 is 0 Å². The van der Waals surface area contributed by atoms with Crippen LogP contribution < -0.4 is 10.6 Å². The number of carbonyl (C=O) groups excluding carboxylic acids is 1. The highest BCUT2D eigenvalue weighted by Crippen LogP contribution is 2.16. The van der Waals surface area contributed by atoms with Gasteiger partial charge < -0.3 is 10.6 Å². The van der Waals surface area contributed by atoms with E-state index in [4.69, 9.17) is 0 Å². The molecule has 2 N–H and O–H groups in total. The molecule has 1 saturated heterocycles. The van der Waals surface area contributed by atoms with Crippen molar-refractivity contribution in [2.24, 2.45) is 7.05 Å². The summed E-state index contributed by atoms with van der Waals surface area (Å²) in [6, 6.07) is -0.0203. The van der Waals surface area contributed by atoms with E-state index in [1.165, 1.54) is 6.42 Å². The molecular weight excluding hydrogens is 264 g/mol. The molecule has 0 bridgehead atoms. The summed E-state index contributed by atoms with van der Waals surface area (Å²) < 4.78 is 1.83. The quantitative estimate of drug-likeness (QED) is 0.885. The van der Waals surface area contributed by atoms with Gasteiger partial charge in [-0.25, -0.2) is 0 Å². The van der Waals surface area contributed by atoms with Crippen LogP contribution in [0.3, 0.4) is 0 Å². The highest BCUT2D eigenvalue weighted by atomic mass is 35.5. The molecule has 1 aliphatic heterocycles. The molecule has 1 amide bonds. The number of aromatic nitrogens is 2. The number of rotatable bonds is 3. The van der Waals surface area contributed by atoms with Crippen LogP contribution in [-0.2, 0) is 11.8 Å². The molecule has 6 heteroatoms. The van der Waals surface area contributed by atoms with E-state index in [-0.39, 0.29) is 30.4 Å². The topological polar surface area (TPSA) is 59.0 Å². The van der Waals surface area contributed by atoms with Crippen molar-refractivity contribution in [1.82, 2.24) is 20.4 Å². The van der Waals surface area contributed by atoms with E-state index in [2.05, 4.69) is 15.7 Å². The van der Waals surface area contributed by atoms with Gasteiger partial charge in [-0.15, -0.1) is 12.4 Å². The van der Waals surface area contributed by atoms with Crippen LogP contribution in [0.15, 0.2) is 6.20 Å². The van der Waals surface area contributed by atoms with Crippen LogP contribution in [0.4, 0.5) is 0 Å². The first-order valence-electron chi connectivity index (χ1n) is 6.62. The number of piperidine rings is 1. The van der Waals surface area contributed by atoms with Gasteiger partial charge in [0.05, 0.1) is 18.3 Å². The van der Waals surface area contributed by atoms with Gasteiger partial charge in [-0.3, -0.25) is 9.48 Å². The third kappa shape index (κ3) is 3.70. The summed E-state index contributed by atoms with van der Waals surface area (Å²) in [6.07, 6.45) is 5.06. The molecule has 0 spiro atoms. The second kappa shape index (κ2) is 6.91. The lowest BCUT2D eigenvalue weighted by Crippen LogP contribution is -2.47. The van der Waals surface area contributed by atoms with Crippen LogP contribution in [0.25, 0.3) is 0 Å². The average Bonchev–Trinajstić information content (AvgIpc) is 2.71. The molecule has 1 aliphatic rings. The van der Waals surface area contributed by atoms with Crippen molar-refractivity contribution >= 4 is 18.3 Å². The zero-order valence-corrected chi connectivity index (χ0v) is 12.6. The van der Waals surface area contributed by atoms with Crippen LogP contribution in [0.1, 0.15) is 43.5 Å². The average molecular weight is 287 g/mol. The fourth-order valence-electron chi connectivity index (χ4n) is 2.41. The normalized spacial score (nSPS) is 20.5. The Kier molecular flexibility index (Phi) is 5.82. The molecule has 2 rings (SSSR count). The number of hydrogen-bond donors (Lipinski definition) is 2. The Balaban J connectivity index is 0.00000180. The maximum Gasteiger partial charge on any atom is 0.237 e. The van der Waals surface area contributed by atoms with Gasteiger partial charge in [0.25, 0.3) is 0 Å². The molecular formula is C13H23ClN4O. The Morgan fingerprint density at radius 2 is 2.32 bits per heavy atom. The third-order valence-electron chi connectivity index (χ3n) is 3.73. The lowest BCUT2D eigenvalue weighted by Gasteiger charge is -2.24. The van der Waals surface area contributed by atoms with Gasteiger partial charge in [-0.1, -0.05) is 6.42 Å². The van der Waals surface area contributed by atoms with Crippen molar-refractivity contribution in [2.75, 3.05) is 6.54 Å². The Bertz CT molecular complexity index is 426. The summed E-state index contributed by atoms with van der Waals surface area (Å²) >= 11 is 0. The molecule has 2 heterocycles. The number of hydrogen-bond acceptors (Lipinski definition) is 3. The highest BCUT2D eigenvalue weighted by molar-refractivity contribution is 5.85. The van der Waals surface area contributed by atoms with Gasteiger partial charge in [0.15, 0.2) is 0 Å². The molecule has 0 radical (unpaired) electrons. The maximum atomic E-state index is 12.1. The minimum Gasteiger partial charge on any atom is -0.348 e. The molecule has 0 saturated carbocycles. The summed E-state index contributed by atoms with van der Waals surface area (Å²) in [5.41, 5.74) is 2.18. The first-order chi connectivity index (χ1) is 8.59. The van der Waals surface area contributed by atoms with Crippen LogP contribution in [0.2, 0.25) is 0 Å². The van der Waals surface area contributed by atoms with Crippen molar-refractivity contribution < 1.29 is 4.79 Å². The zero-order valence-electron chi connectivity index (χ0n) is 11.8. The predicted molar refractivity (Wildman–Crippen MR) is 77.4 cm³/mol. The second-order valence-corrected chi connectivity index (χ2v) is 5.04. The number of nitrogens with one attached hydrogen (secondary N) is 2. The van der Waals surface area contributed by atoms with E-state index in [0.717, 1.165) is 30.6 Å². The van der Waals surface area contributed by atoms with E-state index < -0.39 is 0 Å². The monoisotopic (exact) mass is 286 g/mol. The van der Waals surface area contributed by atoms with Crippen molar-refractivity contribution in [2.45, 2.75) is 45.2 Å². The van der Waals surface area contributed by atoms with Gasteiger partial charge in [0, 0.05) is 18.3 Å². The number of nitrogens with zero attached hydrogens (tertiary/aromatic N) is 2. The molecule has 1 unspecified atom stereocenters. The molecule has 0 aliphatic carbocycles. The molecule has 108 valence electrons. The second-order valence-electron chi connectivity index (χ2n) is 5.04. The minimum atomic E-state index is -0.0295. The van der Waals surface area contributed by atoms with Crippen molar-refractivity contribution in [3.05, 3.63) is 17.5 Å². The molecule has 1 fully saturated rings. The first-order valence-corrected chi connectivity index (χ1v) is 6.62. The lowest BCUT2D eigenvalue weighted by molar-refractivity contribution is -0.124. The third-order valence-corrected chi connectivity index (χ3v) is 3.73. The molecule has 5 nitrogen and oxygen atoms in total. The minimum absolute atomic E-state index is 0. The fraction of sp³-hybridized carbons (Fsp3) is 0.692. The van der Waals surface area contributed by atoms with Gasteiger partial charge >= 0.3 is 0 Å². The zero-order chi connectivity index (χ0) is 13.1. The van der Waals surface area contributed by atoms with Gasteiger partial charge in [0.1, 0.15) is 0 Å². The molecule has 1 aromatic rings. The van der Waals surface area contributed by atoms with E-state index in [9.17, 15) is 4.79 Å². The van der Waals surface area contributed by atoms with Crippen LogP contribution in [0.5, 0.6) is 0 Å². The number of amides is 1. The van der Waals surface area contributed by atoms with Crippen molar-refractivity contribution in [3.8, 4) is 0 Å². The number of aryl methyl sites for hydroxylation is 1. The van der Waals surface area contributed by atoms with Crippen LogP contribution in [-0.4, -0.2) is 28.3 Å². The van der Waals surface area contributed by atoms with E-state index in [1.54, 1.807) is 0 Å². The Morgan fingerprint density at radius 3 is 2.84 bits per heavy atom. The SMILES string of the molecule is Cc1c(C(C)NC(=O)[C@H]2CCCCN2)cnn1C.Cl. The molecule has 19 heavy (non-hydrogen) atoms. The largest absolute Gasteiger partial charge is 0.348 e. The molecule has 0 aromatic carbocycles. The summed E-state index contributed by atoms with van der Waals surface area (Å²) in [5.74, 6) is 0.102. The van der Waals surface area contributed by atoms with Gasteiger partial charge in [-0.05, 0) is 33.2 Å². The summed E-state index contributed by atoms with van der Waals surface area (Å²) in [4.78, 5) is 12.1. The van der Waals surface area contributed by atoms with Crippen LogP contribution >= 0.6 is 12.4 Å². The first kappa shape index (κ1) is 16.0. The molecule has 2 atom stereocenters. The summed E-state index contributed by atoms with van der Waals surface area (Å²) in [7, 11) is 1.91. The van der Waals surface area contributed by atoms with E-state index in [1.807, 2.05) is 31.8 Å².